The highest BCUT2D eigenvalue weighted by Gasteiger charge is 2.18. The third-order valence-corrected chi connectivity index (χ3v) is 3.43. The van der Waals surface area contributed by atoms with Crippen LogP contribution in [-0.2, 0) is 0 Å². The van der Waals surface area contributed by atoms with Crippen LogP contribution in [0.1, 0.15) is 12.8 Å². The van der Waals surface area contributed by atoms with Gasteiger partial charge in [-0.3, -0.25) is 0 Å². The average Bonchev–Trinajstić information content (AvgIpc) is 2.27. The standard InChI is InChI=1S/C12H17BrN2O/c1-15-6-4-10(5-7-15)16-12-8-9(13)2-3-11(12)14/h2-3,8,10H,4-7,14H2,1H3. The lowest BCUT2D eigenvalue weighted by Gasteiger charge is -2.29. The van der Waals surface area contributed by atoms with Gasteiger partial charge < -0.3 is 15.4 Å². The molecular formula is C12H17BrN2O. The Bertz CT molecular complexity index is 362. The maximum atomic E-state index is 5.93. The minimum Gasteiger partial charge on any atom is -0.488 e. The Labute approximate surface area is 105 Å². The van der Waals surface area contributed by atoms with Gasteiger partial charge in [0.05, 0.1) is 5.69 Å². The molecule has 1 aliphatic heterocycles. The van der Waals surface area contributed by atoms with Gasteiger partial charge in [-0.2, -0.15) is 0 Å². The highest BCUT2D eigenvalue weighted by molar-refractivity contribution is 9.10. The maximum absolute atomic E-state index is 5.93. The van der Waals surface area contributed by atoms with E-state index in [-0.39, 0.29) is 0 Å². The van der Waals surface area contributed by atoms with Gasteiger partial charge in [-0.25, -0.2) is 0 Å². The highest BCUT2D eigenvalue weighted by atomic mass is 79.9. The molecule has 4 heteroatoms. The Kier molecular flexibility index (Phi) is 3.71. The predicted octanol–water partition coefficient (Wildman–Crippen LogP) is 2.50. The molecule has 0 bridgehead atoms. The lowest BCUT2D eigenvalue weighted by Crippen LogP contribution is -2.35. The molecule has 2 N–H and O–H groups in total. The Morgan fingerprint density at radius 2 is 2.06 bits per heavy atom. The van der Waals surface area contributed by atoms with E-state index in [0.29, 0.717) is 11.8 Å². The summed E-state index contributed by atoms with van der Waals surface area (Å²) in [6.45, 7) is 2.19. The van der Waals surface area contributed by atoms with Gasteiger partial charge in [0.25, 0.3) is 0 Å². The number of piperidine rings is 1. The van der Waals surface area contributed by atoms with E-state index >= 15 is 0 Å². The van der Waals surface area contributed by atoms with Crippen LogP contribution in [0.25, 0.3) is 0 Å². The number of nitrogens with zero attached hydrogens (tertiary/aromatic N) is 1. The van der Waals surface area contributed by atoms with E-state index in [4.69, 9.17) is 10.5 Å². The molecule has 2 rings (SSSR count). The van der Waals surface area contributed by atoms with Gasteiger partial charge in [0, 0.05) is 17.6 Å². The third-order valence-electron chi connectivity index (χ3n) is 2.93. The summed E-state index contributed by atoms with van der Waals surface area (Å²) >= 11 is 3.43. The van der Waals surface area contributed by atoms with Gasteiger partial charge in [-0.1, -0.05) is 15.9 Å². The molecule has 1 aromatic carbocycles. The minimum absolute atomic E-state index is 0.299. The zero-order valence-electron chi connectivity index (χ0n) is 9.45. The van der Waals surface area contributed by atoms with Crippen LogP contribution >= 0.6 is 15.9 Å². The van der Waals surface area contributed by atoms with Crippen molar-refractivity contribution in [1.29, 1.82) is 0 Å². The van der Waals surface area contributed by atoms with Crippen molar-refractivity contribution in [2.75, 3.05) is 25.9 Å². The highest BCUT2D eigenvalue weighted by Crippen LogP contribution is 2.28. The molecule has 0 amide bonds. The second kappa shape index (κ2) is 5.06. The van der Waals surface area contributed by atoms with Crippen molar-refractivity contribution in [3.8, 4) is 5.75 Å². The third kappa shape index (κ3) is 2.89. The molecule has 1 aliphatic rings. The zero-order chi connectivity index (χ0) is 11.5. The molecule has 0 spiro atoms. The number of nitrogens with two attached hydrogens (primary N) is 1. The molecule has 0 saturated carbocycles. The van der Waals surface area contributed by atoms with Gasteiger partial charge in [-0.15, -0.1) is 0 Å². The summed E-state index contributed by atoms with van der Waals surface area (Å²) in [6, 6.07) is 5.73. The number of halogens is 1. The van der Waals surface area contributed by atoms with E-state index in [9.17, 15) is 0 Å². The lowest BCUT2D eigenvalue weighted by molar-refractivity contribution is 0.115. The quantitative estimate of drug-likeness (QED) is 0.848. The van der Waals surface area contributed by atoms with Crippen LogP contribution in [-0.4, -0.2) is 31.1 Å². The second-order valence-corrected chi connectivity index (χ2v) is 5.22. The van der Waals surface area contributed by atoms with Crippen molar-refractivity contribution >= 4 is 21.6 Å². The van der Waals surface area contributed by atoms with Crippen LogP contribution in [0.5, 0.6) is 5.75 Å². The Morgan fingerprint density at radius 3 is 2.75 bits per heavy atom. The van der Waals surface area contributed by atoms with E-state index in [1.54, 1.807) is 0 Å². The van der Waals surface area contributed by atoms with Crippen molar-refractivity contribution < 1.29 is 4.74 Å². The molecule has 88 valence electrons. The van der Waals surface area contributed by atoms with Crippen molar-refractivity contribution in [3.63, 3.8) is 0 Å². The number of likely N-dealkylation sites (tertiary alicyclic amines) is 1. The number of anilines is 1. The van der Waals surface area contributed by atoms with Crippen LogP contribution < -0.4 is 10.5 Å². The normalized spacial score (nSPS) is 18.6. The average molecular weight is 285 g/mol. The SMILES string of the molecule is CN1CCC(Oc2cc(Br)ccc2N)CC1. The van der Waals surface area contributed by atoms with Gasteiger partial charge in [0.1, 0.15) is 11.9 Å². The molecule has 3 nitrogen and oxygen atoms in total. The molecule has 0 aromatic heterocycles. The Morgan fingerprint density at radius 1 is 1.38 bits per heavy atom. The number of nitrogen functional groups attached to an aromatic ring is 1. The first-order valence-electron chi connectivity index (χ1n) is 5.55. The van der Waals surface area contributed by atoms with Crippen LogP contribution in [0.15, 0.2) is 22.7 Å². The number of hydrogen-bond donors (Lipinski definition) is 1. The fraction of sp³-hybridized carbons (Fsp3) is 0.500. The fourth-order valence-electron chi connectivity index (χ4n) is 1.89. The van der Waals surface area contributed by atoms with Crippen molar-refractivity contribution in [2.45, 2.75) is 18.9 Å². The molecule has 16 heavy (non-hydrogen) atoms. The number of benzene rings is 1. The Hall–Kier alpha value is -0.740. The first-order chi connectivity index (χ1) is 7.65. The summed E-state index contributed by atoms with van der Waals surface area (Å²) in [5.41, 5.74) is 6.59. The fourth-order valence-corrected chi connectivity index (χ4v) is 2.23. The monoisotopic (exact) mass is 284 g/mol. The van der Waals surface area contributed by atoms with E-state index < -0.39 is 0 Å². The minimum atomic E-state index is 0.299. The number of rotatable bonds is 2. The summed E-state index contributed by atoms with van der Waals surface area (Å²) < 4.78 is 6.94. The second-order valence-electron chi connectivity index (χ2n) is 4.30. The van der Waals surface area contributed by atoms with Crippen molar-refractivity contribution in [3.05, 3.63) is 22.7 Å². The van der Waals surface area contributed by atoms with Crippen LogP contribution in [0.4, 0.5) is 5.69 Å². The molecule has 0 atom stereocenters. The first kappa shape index (κ1) is 11.7. The lowest BCUT2D eigenvalue weighted by atomic mass is 10.1. The van der Waals surface area contributed by atoms with Gasteiger partial charge in [0.2, 0.25) is 0 Å². The summed E-state index contributed by atoms with van der Waals surface area (Å²) in [5, 5.41) is 0. The summed E-state index contributed by atoms with van der Waals surface area (Å²) in [5.74, 6) is 0.795. The molecule has 1 aromatic rings. The van der Waals surface area contributed by atoms with Crippen molar-refractivity contribution in [1.82, 2.24) is 4.90 Å². The molecular weight excluding hydrogens is 268 g/mol. The summed E-state index contributed by atoms with van der Waals surface area (Å²) in [6.07, 6.45) is 2.44. The largest absolute Gasteiger partial charge is 0.488 e. The predicted molar refractivity (Wildman–Crippen MR) is 69.7 cm³/mol. The first-order valence-corrected chi connectivity index (χ1v) is 6.34. The van der Waals surface area contributed by atoms with E-state index in [0.717, 1.165) is 36.2 Å². The molecule has 1 fully saturated rings. The van der Waals surface area contributed by atoms with Crippen LogP contribution in [0, 0.1) is 0 Å². The molecule has 1 saturated heterocycles. The van der Waals surface area contributed by atoms with E-state index in [1.807, 2.05) is 18.2 Å². The summed E-state index contributed by atoms with van der Waals surface area (Å²) in [7, 11) is 2.14. The topological polar surface area (TPSA) is 38.5 Å². The maximum Gasteiger partial charge on any atom is 0.143 e. The van der Waals surface area contributed by atoms with Gasteiger partial charge in [0.15, 0.2) is 0 Å². The molecule has 1 heterocycles. The number of hydrogen-bond acceptors (Lipinski definition) is 3. The Balaban J connectivity index is 2.00. The van der Waals surface area contributed by atoms with E-state index in [2.05, 4.69) is 27.9 Å². The number of ether oxygens (including phenoxy) is 1. The van der Waals surface area contributed by atoms with Crippen molar-refractivity contribution in [2.24, 2.45) is 0 Å². The molecule has 0 unspecified atom stereocenters. The van der Waals surface area contributed by atoms with Gasteiger partial charge in [-0.05, 0) is 38.1 Å². The van der Waals surface area contributed by atoms with Crippen LogP contribution in [0.2, 0.25) is 0 Å². The van der Waals surface area contributed by atoms with Gasteiger partial charge >= 0.3 is 0 Å². The van der Waals surface area contributed by atoms with Crippen LogP contribution in [0.3, 0.4) is 0 Å². The van der Waals surface area contributed by atoms with E-state index in [1.165, 1.54) is 0 Å². The molecule has 0 radical (unpaired) electrons. The zero-order valence-corrected chi connectivity index (χ0v) is 11.0. The smallest absolute Gasteiger partial charge is 0.143 e. The summed E-state index contributed by atoms with van der Waals surface area (Å²) in [4.78, 5) is 2.32. The molecule has 0 aliphatic carbocycles.